The molecule has 6 heteroatoms. The first-order chi connectivity index (χ1) is 10.6. The number of hydrogen-bond donors (Lipinski definition) is 1. The van der Waals surface area contributed by atoms with Gasteiger partial charge in [0.25, 0.3) is 0 Å². The molecule has 22 heavy (non-hydrogen) atoms. The van der Waals surface area contributed by atoms with E-state index in [0.29, 0.717) is 5.13 Å². The van der Waals surface area contributed by atoms with E-state index in [0.717, 1.165) is 51.1 Å². The molecule has 112 valence electrons. The zero-order valence-corrected chi connectivity index (χ0v) is 13.6. The van der Waals surface area contributed by atoms with Crippen LogP contribution in [0.3, 0.4) is 0 Å². The van der Waals surface area contributed by atoms with E-state index in [1.54, 1.807) is 0 Å². The number of nitrogens with zero attached hydrogens (tertiary/aromatic N) is 2. The van der Waals surface area contributed by atoms with Crippen LogP contribution in [0, 0.1) is 0 Å². The fourth-order valence-corrected chi connectivity index (χ4v) is 4.55. The van der Waals surface area contributed by atoms with Gasteiger partial charge in [-0.3, -0.25) is 9.78 Å². The summed E-state index contributed by atoms with van der Waals surface area (Å²) in [6.45, 7) is 1.48. The maximum Gasteiger partial charge on any atom is 0.223 e. The van der Waals surface area contributed by atoms with Gasteiger partial charge in [0.15, 0.2) is 5.13 Å². The summed E-state index contributed by atoms with van der Waals surface area (Å²) in [5.41, 5.74) is 4.08. The number of carbonyl (C=O) groups is 1. The van der Waals surface area contributed by atoms with Gasteiger partial charge in [-0.15, -0.1) is 0 Å². The lowest BCUT2D eigenvalue weighted by molar-refractivity contribution is -0.114. The van der Waals surface area contributed by atoms with Crippen molar-refractivity contribution in [3.63, 3.8) is 0 Å². The van der Waals surface area contributed by atoms with E-state index in [1.165, 1.54) is 30.2 Å². The van der Waals surface area contributed by atoms with Crippen LogP contribution in [-0.4, -0.2) is 15.9 Å². The standard InChI is InChI=1S/C16H14ClN3OS/c1-8(21)18-16-20-12-7-6-11-13(15(12)22-16)14(17)9-4-2-3-5-10(9)19-11/h6-7H,2-5H2,1H3,(H,18,20,21). The maximum absolute atomic E-state index is 11.2. The van der Waals surface area contributed by atoms with Gasteiger partial charge in [0, 0.05) is 18.0 Å². The SMILES string of the molecule is CC(=O)Nc1nc2ccc3nc4c(c(Cl)c3c2s1)CCCC4. The Bertz CT molecular complexity index is 919. The summed E-state index contributed by atoms with van der Waals surface area (Å²) in [5.74, 6) is -0.120. The Hall–Kier alpha value is -1.72. The fourth-order valence-electron chi connectivity index (χ4n) is 3.04. The number of amides is 1. The molecule has 1 aliphatic rings. The Morgan fingerprint density at radius 2 is 2.00 bits per heavy atom. The fraction of sp³-hybridized carbons (Fsp3) is 0.312. The van der Waals surface area contributed by atoms with Crippen molar-refractivity contribution in [2.75, 3.05) is 5.32 Å². The summed E-state index contributed by atoms with van der Waals surface area (Å²) in [7, 11) is 0. The Morgan fingerprint density at radius 3 is 2.82 bits per heavy atom. The Labute approximate surface area is 136 Å². The summed E-state index contributed by atoms with van der Waals surface area (Å²) in [6, 6.07) is 3.91. The zero-order valence-electron chi connectivity index (χ0n) is 12.1. The second kappa shape index (κ2) is 5.18. The lowest BCUT2D eigenvalue weighted by Gasteiger charge is -2.17. The summed E-state index contributed by atoms with van der Waals surface area (Å²) < 4.78 is 0.993. The number of aromatic nitrogens is 2. The van der Waals surface area contributed by atoms with Gasteiger partial charge < -0.3 is 5.32 Å². The molecule has 4 nitrogen and oxygen atoms in total. The lowest BCUT2D eigenvalue weighted by Crippen LogP contribution is -2.06. The number of hydrogen-bond acceptors (Lipinski definition) is 4. The van der Waals surface area contributed by atoms with Gasteiger partial charge in [-0.1, -0.05) is 22.9 Å². The molecule has 0 fully saturated rings. The quantitative estimate of drug-likeness (QED) is 0.721. The third kappa shape index (κ3) is 2.16. The molecule has 0 bridgehead atoms. The van der Waals surface area contributed by atoms with Crippen LogP contribution in [0.15, 0.2) is 12.1 Å². The van der Waals surface area contributed by atoms with Crippen LogP contribution in [0.4, 0.5) is 5.13 Å². The van der Waals surface area contributed by atoms with Crippen LogP contribution >= 0.6 is 22.9 Å². The first-order valence-corrected chi connectivity index (χ1v) is 8.51. The second-order valence-electron chi connectivity index (χ2n) is 5.57. The molecule has 0 saturated heterocycles. The molecule has 0 radical (unpaired) electrons. The molecule has 4 rings (SSSR count). The van der Waals surface area contributed by atoms with E-state index in [-0.39, 0.29) is 5.91 Å². The molecule has 3 aromatic rings. The van der Waals surface area contributed by atoms with Gasteiger partial charge in [0.05, 0.1) is 20.8 Å². The van der Waals surface area contributed by atoms with E-state index in [4.69, 9.17) is 16.6 Å². The average Bonchev–Trinajstić information content (AvgIpc) is 2.88. The highest BCUT2D eigenvalue weighted by molar-refractivity contribution is 7.23. The Morgan fingerprint density at radius 1 is 1.23 bits per heavy atom. The van der Waals surface area contributed by atoms with Crippen LogP contribution in [0.2, 0.25) is 5.02 Å². The van der Waals surface area contributed by atoms with Gasteiger partial charge >= 0.3 is 0 Å². The topological polar surface area (TPSA) is 54.9 Å². The molecule has 0 atom stereocenters. The monoisotopic (exact) mass is 331 g/mol. The molecular formula is C16H14ClN3OS. The van der Waals surface area contributed by atoms with E-state index in [9.17, 15) is 4.79 Å². The van der Waals surface area contributed by atoms with E-state index in [1.807, 2.05) is 12.1 Å². The van der Waals surface area contributed by atoms with Crippen molar-refractivity contribution in [2.24, 2.45) is 0 Å². The van der Waals surface area contributed by atoms with Crippen molar-refractivity contribution in [2.45, 2.75) is 32.6 Å². The number of pyridine rings is 1. The largest absolute Gasteiger partial charge is 0.302 e. The van der Waals surface area contributed by atoms with Crippen LogP contribution in [0.1, 0.15) is 31.0 Å². The third-order valence-electron chi connectivity index (χ3n) is 4.00. The van der Waals surface area contributed by atoms with E-state index >= 15 is 0 Å². The summed E-state index contributed by atoms with van der Waals surface area (Å²) in [4.78, 5) is 20.5. The lowest BCUT2D eigenvalue weighted by atomic mass is 9.94. The molecule has 1 aromatic carbocycles. The minimum absolute atomic E-state index is 0.120. The highest BCUT2D eigenvalue weighted by atomic mass is 35.5. The molecule has 0 saturated carbocycles. The number of nitrogens with one attached hydrogen (secondary N) is 1. The zero-order chi connectivity index (χ0) is 15.3. The van der Waals surface area contributed by atoms with Gasteiger partial charge in [-0.2, -0.15) is 0 Å². The molecule has 0 spiro atoms. The number of carbonyl (C=O) groups excluding carboxylic acids is 1. The maximum atomic E-state index is 11.2. The van der Waals surface area contributed by atoms with Crippen molar-refractivity contribution >= 4 is 55.1 Å². The number of thiazole rings is 1. The molecule has 1 N–H and O–H groups in total. The highest BCUT2D eigenvalue weighted by Crippen LogP contribution is 2.39. The molecule has 0 aliphatic heterocycles. The molecule has 1 amide bonds. The highest BCUT2D eigenvalue weighted by Gasteiger charge is 2.19. The Kier molecular flexibility index (Phi) is 3.27. The van der Waals surface area contributed by atoms with Crippen LogP contribution in [0.5, 0.6) is 0 Å². The third-order valence-corrected chi connectivity index (χ3v) is 5.42. The van der Waals surface area contributed by atoms with Gasteiger partial charge in [-0.05, 0) is 43.4 Å². The van der Waals surface area contributed by atoms with Crippen LogP contribution < -0.4 is 5.32 Å². The number of rotatable bonds is 1. The normalized spacial score (nSPS) is 14.3. The van der Waals surface area contributed by atoms with Crippen LogP contribution in [0.25, 0.3) is 21.1 Å². The average molecular weight is 332 g/mol. The van der Waals surface area contributed by atoms with E-state index < -0.39 is 0 Å². The first-order valence-electron chi connectivity index (χ1n) is 7.31. The van der Waals surface area contributed by atoms with Crippen molar-refractivity contribution in [3.05, 3.63) is 28.4 Å². The second-order valence-corrected chi connectivity index (χ2v) is 6.94. The van der Waals surface area contributed by atoms with Crippen molar-refractivity contribution in [1.29, 1.82) is 0 Å². The van der Waals surface area contributed by atoms with E-state index in [2.05, 4.69) is 10.3 Å². The molecule has 2 aromatic heterocycles. The molecule has 1 aliphatic carbocycles. The molecule has 2 heterocycles. The number of halogens is 1. The predicted molar refractivity (Wildman–Crippen MR) is 90.9 cm³/mol. The predicted octanol–water partition coefficient (Wildman–Crippen LogP) is 4.34. The number of anilines is 1. The van der Waals surface area contributed by atoms with Gasteiger partial charge in [-0.25, -0.2) is 4.98 Å². The minimum Gasteiger partial charge on any atom is -0.302 e. The van der Waals surface area contributed by atoms with Gasteiger partial charge in [0.1, 0.15) is 0 Å². The molecule has 0 unspecified atom stereocenters. The Balaban J connectivity index is 2.01. The van der Waals surface area contributed by atoms with Gasteiger partial charge in [0.2, 0.25) is 5.91 Å². The first kappa shape index (κ1) is 13.9. The minimum atomic E-state index is -0.120. The van der Waals surface area contributed by atoms with Crippen molar-refractivity contribution < 1.29 is 4.79 Å². The van der Waals surface area contributed by atoms with Crippen LogP contribution in [-0.2, 0) is 17.6 Å². The summed E-state index contributed by atoms with van der Waals surface area (Å²) in [6.07, 6.45) is 4.33. The summed E-state index contributed by atoms with van der Waals surface area (Å²) >= 11 is 8.16. The summed E-state index contributed by atoms with van der Waals surface area (Å²) in [5, 5.41) is 5.12. The number of aryl methyl sites for hydroxylation is 1. The van der Waals surface area contributed by atoms with Crippen molar-refractivity contribution in [1.82, 2.24) is 9.97 Å². The molecular weight excluding hydrogens is 318 g/mol. The smallest absolute Gasteiger partial charge is 0.223 e. The van der Waals surface area contributed by atoms with Crippen molar-refractivity contribution in [3.8, 4) is 0 Å². The number of benzene rings is 1. The number of fused-ring (bicyclic) bond motifs is 4.